The van der Waals surface area contributed by atoms with Crippen molar-refractivity contribution >= 4 is 11.6 Å². The number of rotatable bonds is 4. The molecule has 1 aliphatic carbocycles. The van der Waals surface area contributed by atoms with Gasteiger partial charge in [0.15, 0.2) is 5.82 Å². The highest BCUT2D eigenvalue weighted by atomic mass is 16.5. The van der Waals surface area contributed by atoms with E-state index in [0.717, 1.165) is 30.2 Å². The molecule has 19 heavy (non-hydrogen) atoms. The lowest BCUT2D eigenvalue weighted by Crippen LogP contribution is -2.10. The zero-order chi connectivity index (χ0) is 13.1. The molecule has 3 rings (SSSR count). The molecular weight excluding hydrogens is 240 g/mol. The average Bonchev–Trinajstić information content (AvgIpc) is 3.04. The van der Waals surface area contributed by atoms with Crippen LogP contribution in [-0.2, 0) is 7.05 Å². The Balaban J connectivity index is 1.61. The number of nitrogens with zero attached hydrogens (tertiary/aromatic N) is 3. The van der Waals surface area contributed by atoms with E-state index in [2.05, 4.69) is 15.4 Å². The summed E-state index contributed by atoms with van der Waals surface area (Å²) in [4.78, 5) is 4.34. The first-order valence-corrected chi connectivity index (χ1v) is 6.69. The van der Waals surface area contributed by atoms with E-state index in [4.69, 9.17) is 4.74 Å². The highest BCUT2D eigenvalue weighted by Gasteiger charge is 2.16. The third-order valence-corrected chi connectivity index (χ3v) is 3.31. The van der Waals surface area contributed by atoms with Gasteiger partial charge in [-0.05, 0) is 37.8 Å². The maximum absolute atomic E-state index is 5.87. The Morgan fingerprint density at radius 3 is 2.68 bits per heavy atom. The van der Waals surface area contributed by atoms with Crippen LogP contribution in [0, 0.1) is 0 Å². The Labute approximate surface area is 112 Å². The Bertz CT molecular complexity index is 529. The molecule has 2 heterocycles. The molecule has 0 bridgehead atoms. The normalized spacial score (nSPS) is 15.6. The third kappa shape index (κ3) is 3.05. The van der Waals surface area contributed by atoms with Crippen LogP contribution in [0.15, 0.2) is 30.6 Å². The van der Waals surface area contributed by atoms with Crippen LogP contribution in [0.25, 0.3) is 0 Å². The van der Waals surface area contributed by atoms with Crippen molar-refractivity contribution in [2.45, 2.75) is 31.8 Å². The Morgan fingerprint density at radius 1 is 1.21 bits per heavy atom. The number of hydrogen-bond acceptors (Lipinski definition) is 4. The summed E-state index contributed by atoms with van der Waals surface area (Å²) in [5.74, 6) is 2.41. The van der Waals surface area contributed by atoms with E-state index in [9.17, 15) is 0 Å². The highest BCUT2D eigenvalue weighted by Crippen LogP contribution is 2.24. The summed E-state index contributed by atoms with van der Waals surface area (Å²) in [5.41, 5.74) is 0. The van der Waals surface area contributed by atoms with E-state index in [-0.39, 0.29) is 0 Å². The molecular formula is C14H18N4O. The molecule has 5 heteroatoms. The number of aromatic nitrogens is 3. The number of pyridine rings is 1. The third-order valence-electron chi connectivity index (χ3n) is 3.31. The summed E-state index contributed by atoms with van der Waals surface area (Å²) in [6.07, 6.45) is 8.90. The number of anilines is 2. The number of ether oxygens (including phenoxy) is 1. The molecule has 5 nitrogen and oxygen atoms in total. The second-order valence-corrected chi connectivity index (χ2v) is 4.90. The van der Waals surface area contributed by atoms with Gasteiger partial charge in [-0.15, -0.1) is 0 Å². The highest BCUT2D eigenvalue weighted by molar-refractivity contribution is 5.51. The molecule has 0 unspecified atom stereocenters. The van der Waals surface area contributed by atoms with Gasteiger partial charge in [0.25, 0.3) is 0 Å². The minimum atomic E-state index is 0.372. The smallest absolute Gasteiger partial charge is 0.153 e. The van der Waals surface area contributed by atoms with Gasteiger partial charge in [0.05, 0.1) is 12.3 Å². The first-order chi connectivity index (χ1) is 9.29. The zero-order valence-corrected chi connectivity index (χ0v) is 11.0. The molecule has 1 N–H and O–H groups in total. The maximum atomic E-state index is 5.87. The summed E-state index contributed by atoms with van der Waals surface area (Å²) >= 11 is 0. The molecule has 1 fully saturated rings. The van der Waals surface area contributed by atoms with Crippen LogP contribution in [0.5, 0.6) is 5.75 Å². The lowest BCUT2D eigenvalue weighted by molar-refractivity contribution is 0.209. The molecule has 0 radical (unpaired) electrons. The topological polar surface area (TPSA) is 52.0 Å². The summed E-state index contributed by atoms with van der Waals surface area (Å²) in [6.45, 7) is 0. The molecule has 100 valence electrons. The molecule has 2 aromatic heterocycles. The second-order valence-electron chi connectivity index (χ2n) is 4.90. The number of hydrogen-bond donors (Lipinski definition) is 1. The Kier molecular flexibility index (Phi) is 3.35. The van der Waals surface area contributed by atoms with E-state index >= 15 is 0 Å². The molecule has 2 aromatic rings. The van der Waals surface area contributed by atoms with Gasteiger partial charge in [-0.25, -0.2) is 4.98 Å². The van der Waals surface area contributed by atoms with Crippen molar-refractivity contribution in [1.82, 2.24) is 14.8 Å². The van der Waals surface area contributed by atoms with Gasteiger partial charge in [-0.1, -0.05) is 0 Å². The van der Waals surface area contributed by atoms with E-state index in [1.807, 2.05) is 31.4 Å². The molecule has 0 aromatic carbocycles. The molecule has 0 amide bonds. The predicted octanol–water partition coefficient (Wildman–Crippen LogP) is 2.88. The first-order valence-electron chi connectivity index (χ1n) is 6.69. The first kappa shape index (κ1) is 12.0. The van der Waals surface area contributed by atoms with Gasteiger partial charge >= 0.3 is 0 Å². The van der Waals surface area contributed by atoms with E-state index in [1.165, 1.54) is 12.8 Å². The lowest BCUT2D eigenvalue weighted by atomic mass is 10.3. The predicted molar refractivity (Wildman–Crippen MR) is 73.6 cm³/mol. The summed E-state index contributed by atoms with van der Waals surface area (Å²) < 4.78 is 7.62. The fourth-order valence-corrected chi connectivity index (χ4v) is 2.34. The van der Waals surface area contributed by atoms with Gasteiger partial charge in [0.2, 0.25) is 0 Å². The lowest BCUT2D eigenvalue weighted by Gasteiger charge is -2.12. The monoisotopic (exact) mass is 258 g/mol. The van der Waals surface area contributed by atoms with Gasteiger partial charge < -0.3 is 10.1 Å². The largest absolute Gasteiger partial charge is 0.489 e. The number of aryl methyl sites for hydroxylation is 1. The molecule has 1 saturated carbocycles. The van der Waals surface area contributed by atoms with Crippen molar-refractivity contribution in [2.24, 2.45) is 7.05 Å². The summed E-state index contributed by atoms with van der Waals surface area (Å²) in [6, 6.07) is 5.78. The van der Waals surface area contributed by atoms with Gasteiger partial charge in [0, 0.05) is 19.3 Å². The van der Waals surface area contributed by atoms with Gasteiger partial charge in [0.1, 0.15) is 11.6 Å². The van der Waals surface area contributed by atoms with Crippen LogP contribution in [0.4, 0.5) is 11.6 Å². The summed E-state index contributed by atoms with van der Waals surface area (Å²) in [5, 5.41) is 7.39. The van der Waals surface area contributed by atoms with Crippen LogP contribution in [0.2, 0.25) is 0 Å². The van der Waals surface area contributed by atoms with Crippen LogP contribution in [0.1, 0.15) is 25.7 Å². The van der Waals surface area contributed by atoms with Gasteiger partial charge in [-0.2, -0.15) is 5.10 Å². The van der Waals surface area contributed by atoms with Crippen LogP contribution in [-0.4, -0.2) is 20.9 Å². The van der Waals surface area contributed by atoms with E-state index in [0.29, 0.717) is 6.10 Å². The van der Waals surface area contributed by atoms with Gasteiger partial charge in [-0.3, -0.25) is 4.68 Å². The quantitative estimate of drug-likeness (QED) is 0.916. The Morgan fingerprint density at radius 2 is 2.05 bits per heavy atom. The van der Waals surface area contributed by atoms with E-state index in [1.54, 1.807) is 10.9 Å². The molecule has 0 saturated heterocycles. The van der Waals surface area contributed by atoms with Crippen molar-refractivity contribution in [3.8, 4) is 5.75 Å². The van der Waals surface area contributed by atoms with Crippen molar-refractivity contribution < 1.29 is 4.74 Å². The summed E-state index contributed by atoms with van der Waals surface area (Å²) in [7, 11) is 1.89. The fraction of sp³-hybridized carbons (Fsp3) is 0.429. The van der Waals surface area contributed by atoms with Crippen molar-refractivity contribution in [2.75, 3.05) is 5.32 Å². The van der Waals surface area contributed by atoms with Crippen molar-refractivity contribution in [1.29, 1.82) is 0 Å². The van der Waals surface area contributed by atoms with Crippen LogP contribution >= 0.6 is 0 Å². The number of nitrogens with one attached hydrogen (secondary N) is 1. The standard InChI is InChI=1S/C14H18N4O/c1-18-9-8-14(17-18)16-13-7-6-12(10-15-13)19-11-4-2-3-5-11/h6-11H,2-5H2,1H3,(H,15,16,17). The van der Waals surface area contributed by atoms with E-state index < -0.39 is 0 Å². The molecule has 0 aliphatic heterocycles. The molecule has 0 atom stereocenters. The van der Waals surface area contributed by atoms with Crippen molar-refractivity contribution in [3.05, 3.63) is 30.6 Å². The minimum absolute atomic E-state index is 0.372. The molecule has 0 spiro atoms. The molecule has 1 aliphatic rings. The SMILES string of the molecule is Cn1ccc(Nc2ccc(OC3CCCC3)cn2)n1. The van der Waals surface area contributed by atoms with Crippen LogP contribution < -0.4 is 10.1 Å². The zero-order valence-electron chi connectivity index (χ0n) is 11.0. The van der Waals surface area contributed by atoms with Crippen LogP contribution in [0.3, 0.4) is 0 Å². The average molecular weight is 258 g/mol. The van der Waals surface area contributed by atoms with Crippen molar-refractivity contribution in [3.63, 3.8) is 0 Å². The minimum Gasteiger partial charge on any atom is -0.489 e. The second kappa shape index (κ2) is 5.30. The fourth-order valence-electron chi connectivity index (χ4n) is 2.34. The Hall–Kier alpha value is -2.04. The maximum Gasteiger partial charge on any atom is 0.153 e.